The van der Waals surface area contributed by atoms with Gasteiger partial charge in [0.25, 0.3) is 0 Å². The summed E-state index contributed by atoms with van der Waals surface area (Å²) in [5, 5.41) is 16.3. The molecular formula is C5H12O4. The van der Waals surface area contributed by atoms with Gasteiger partial charge >= 0.3 is 0 Å². The second-order valence-corrected chi connectivity index (χ2v) is 1.61. The van der Waals surface area contributed by atoms with Crippen molar-refractivity contribution in [1.29, 1.82) is 0 Å². The predicted octanol–water partition coefficient (Wildman–Crippen LogP) is -0.692. The largest absolute Gasteiger partial charge is 0.371 e. The van der Waals surface area contributed by atoms with Crippen LogP contribution in [0.3, 0.4) is 0 Å². The van der Waals surface area contributed by atoms with E-state index in [1.165, 1.54) is 0 Å². The molecule has 0 radical (unpaired) electrons. The summed E-state index contributed by atoms with van der Waals surface area (Å²) in [7, 11) is 0. The number of aliphatic hydroxyl groups is 2. The summed E-state index contributed by atoms with van der Waals surface area (Å²) < 4.78 is 9.23. The molecule has 0 aromatic rings. The van der Waals surface area contributed by atoms with E-state index in [-0.39, 0.29) is 19.7 Å². The number of rotatable bonds is 5. The van der Waals surface area contributed by atoms with Gasteiger partial charge in [-0.15, -0.1) is 0 Å². The molecule has 2 N–H and O–H groups in total. The zero-order valence-corrected chi connectivity index (χ0v) is 5.41. The van der Waals surface area contributed by atoms with E-state index in [9.17, 15) is 0 Å². The average molecular weight is 136 g/mol. The first-order valence-electron chi connectivity index (χ1n) is 2.72. The summed E-state index contributed by atoms with van der Waals surface area (Å²) >= 11 is 0. The quantitative estimate of drug-likeness (QED) is 0.491. The third-order valence-corrected chi connectivity index (χ3v) is 0.803. The Morgan fingerprint density at radius 2 is 2.00 bits per heavy atom. The Morgan fingerprint density at radius 1 is 1.33 bits per heavy atom. The Bertz CT molecular complexity index is 56.9. The molecule has 1 unspecified atom stereocenters. The minimum Gasteiger partial charge on any atom is -0.371 e. The first kappa shape index (κ1) is 8.84. The van der Waals surface area contributed by atoms with E-state index in [1.54, 1.807) is 6.92 Å². The molecule has 56 valence electrons. The molecule has 0 fully saturated rings. The Balaban J connectivity index is 2.95. The molecule has 0 saturated heterocycles. The maximum atomic E-state index is 8.20. The smallest absolute Gasteiger partial charge is 0.144 e. The topological polar surface area (TPSA) is 58.9 Å². The van der Waals surface area contributed by atoms with E-state index in [0.29, 0.717) is 6.61 Å². The second kappa shape index (κ2) is 5.97. The van der Waals surface area contributed by atoms with Gasteiger partial charge in [0.05, 0.1) is 12.7 Å². The lowest BCUT2D eigenvalue weighted by atomic mass is 10.4. The zero-order valence-electron chi connectivity index (χ0n) is 5.41. The Kier molecular flexibility index (Phi) is 5.86. The van der Waals surface area contributed by atoms with Crippen molar-refractivity contribution in [2.45, 2.75) is 13.0 Å². The van der Waals surface area contributed by atoms with Crippen LogP contribution >= 0.6 is 0 Å². The summed E-state index contributed by atoms with van der Waals surface area (Å²) in [6.07, 6.45) is -0.165. The highest BCUT2D eigenvalue weighted by atomic mass is 16.6. The van der Waals surface area contributed by atoms with Crippen LogP contribution in [0.1, 0.15) is 6.92 Å². The third-order valence-electron chi connectivity index (χ3n) is 0.803. The highest BCUT2D eigenvalue weighted by Crippen LogP contribution is 1.88. The van der Waals surface area contributed by atoms with E-state index in [2.05, 4.69) is 9.47 Å². The van der Waals surface area contributed by atoms with Gasteiger partial charge in [0.1, 0.15) is 13.6 Å². The molecule has 0 aromatic carbocycles. The van der Waals surface area contributed by atoms with Gasteiger partial charge in [-0.3, -0.25) is 0 Å². The maximum Gasteiger partial charge on any atom is 0.144 e. The lowest BCUT2D eigenvalue weighted by Gasteiger charge is -2.08. The number of ether oxygens (including phenoxy) is 2. The van der Waals surface area contributed by atoms with E-state index < -0.39 is 0 Å². The summed E-state index contributed by atoms with van der Waals surface area (Å²) in [5.41, 5.74) is 0. The molecule has 0 rings (SSSR count). The first-order valence-corrected chi connectivity index (χ1v) is 2.72. The maximum absolute atomic E-state index is 8.20. The lowest BCUT2D eigenvalue weighted by Crippen LogP contribution is -2.16. The van der Waals surface area contributed by atoms with Gasteiger partial charge in [0, 0.05) is 0 Å². The van der Waals surface area contributed by atoms with Crippen LogP contribution in [0, 0.1) is 0 Å². The van der Waals surface area contributed by atoms with Crippen molar-refractivity contribution >= 4 is 0 Å². The molecule has 4 heteroatoms. The molecule has 0 aliphatic rings. The van der Waals surface area contributed by atoms with Crippen LogP contribution in [0.4, 0.5) is 0 Å². The highest BCUT2D eigenvalue weighted by molar-refractivity contribution is 4.42. The third kappa shape index (κ3) is 5.72. The fourth-order valence-electron chi connectivity index (χ4n) is 0.394. The van der Waals surface area contributed by atoms with Crippen molar-refractivity contribution in [2.24, 2.45) is 0 Å². The second-order valence-electron chi connectivity index (χ2n) is 1.61. The number of hydrogen-bond acceptors (Lipinski definition) is 4. The van der Waals surface area contributed by atoms with Crippen LogP contribution in [-0.4, -0.2) is 36.5 Å². The predicted molar refractivity (Wildman–Crippen MR) is 30.7 cm³/mol. The molecule has 0 amide bonds. The zero-order chi connectivity index (χ0) is 7.11. The molecule has 0 heterocycles. The normalized spacial score (nSPS) is 13.7. The average Bonchev–Trinajstić information content (AvgIpc) is 1.85. The van der Waals surface area contributed by atoms with Crippen molar-refractivity contribution in [3.05, 3.63) is 0 Å². The molecule has 0 aliphatic heterocycles. The standard InChI is InChI=1S/C5H12O4/c1-5(9-4-7)2-8-3-6/h5-7H,2-4H2,1H3. The monoisotopic (exact) mass is 136 g/mol. The Labute approximate surface area is 54.0 Å². The number of aliphatic hydroxyl groups excluding tert-OH is 2. The molecule has 0 bridgehead atoms. The van der Waals surface area contributed by atoms with Gasteiger partial charge in [-0.05, 0) is 6.92 Å². The fourth-order valence-corrected chi connectivity index (χ4v) is 0.394. The van der Waals surface area contributed by atoms with Crippen molar-refractivity contribution in [1.82, 2.24) is 0 Å². The first-order chi connectivity index (χ1) is 4.31. The van der Waals surface area contributed by atoms with Crippen molar-refractivity contribution in [3.8, 4) is 0 Å². The van der Waals surface area contributed by atoms with Gasteiger partial charge in [-0.2, -0.15) is 0 Å². The SMILES string of the molecule is CC(COCO)OCO. The van der Waals surface area contributed by atoms with Crippen LogP contribution in [0.5, 0.6) is 0 Å². The van der Waals surface area contributed by atoms with Gasteiger partial charge in [0.15, 0.2) is 0 Å². The van der Waals surface area contributed by atoms with E-state index in [4.69, 9.17) is 10.2 Å². The Morgan fingerprint density at radius 3 is 2.44 bits per heavy atom. The molecule has 0 saturated carbocycles. The van der Waals surface area contributed by atoms with E-state index in [0.717, 1.165) is 0 Å². The van der Waals surface area contributed by atoms with Crippen LogP contribution in [-0.2, 0) is 9.47 Å². The van der Waals surface area contributed by atoms with Gasteiger partial charge in [-0.1, -0.05) is 0 Å². The summed E-state index contributed by atoms with van der Waals surface area (Å²) in [6, 6.07) is 0. The van der Waals surface area contributed by atoms with E-state index >= 15 is 0 Å². The molecule has 9 heavy (non-hydrogen) atoms. The molecular weight excluding hydrogens is 124 g/mol. The summed E-state index contributed by atoms with van der Waals surface area (Å²) in [5.74, 6) is 0. The summed E-state index contributed by atoms with van der Waals surface area (Å²) in [4.78, 5) is 0. The van der Waals surface area contributed by atoms with E-state index in [1.807, 2.05) is 0 Å². The molecule has 0 aromatic heterocycles. The highest BCUT2D eigenvalue weighted by Gasteiger charge is 1.98. The van der Waals surface area contributed by atoms with Crippen LogP contribution < -0.4 is 0 Å². The number of hydrogen-bond donors (Lipinski definition) is 2. The van der Waals surface area contributed by atoms with Gasteiger partial charge in [-0.25, -0.2) is 0 Å². The van der Waals surface area contributed by atoms with Crippen molar-refractivity contribution in [2.75, 3.05) is 20.2 Å². The van der Waals surface area contributed by atoms with Crippen LogP contribution in [0.2, 0.25) is 0 Å². The van der Waals surface area contributed by atoms with Crippen molar-refractivity contribution in [3.63, 3.8) is 0 Å². The minimum atomic E-state index is -0.310. The van der Waals surface area contributed by atoms with Gasteiger partial charge in [0.2, 0.25) is 0 Å². The van der Waals surface area contributed by atoms with Gasteiger partial charge < -0.3 is 19.7 Å². The lowest BCUT2D eigenvalue weighted by molar-refractivity contribution is -0.0962. The minimum absolute atomic E-state index is 0.165. The fraction of sp³-hybridized carbons (Fsp3) is 1.00. The Hall–Kier alpha value is -0.160. The molecule has 1 atom stereocenters. The van der Waals surface area contributed by atoms with Crippen molar-refractivity contribution < 1.29 is 19.7 Å². The molecule has 0 aliphatic carbocycles. The molecule has 4 nitrogen and oxygen atoms in total. The van der Waals surface area contributed by atoms with Crippen LogP contribution in [0.25, 0.3) is 0 Å². The molecule has 0 spiro atoms. The van der Waals surface area contributed by atoms with Crippen LogP contribution in [0.15, 0.2) is 0 Å². The summed E-state index contributed by atoms with van der Waals surface area (Å²) in [6.45, 7) is 1.43.